The first kappa shape index (κ1) is 23.7. The van der Waals surface area contributed by atoms with Crippen molar-refractivity contribution in [2.45, 2.75) is 45.8 Å². The summed E-state index contributed by atoms with van der Waals surface area (Å²) in [6.07, 6.45) is 2.00. The number of likely N-dealkylation sites (tertiary alicyclic amines) is 1. The van der Waals surface area contributed by atoms with Gasteiger partial charge in [0.15, 0.2) is 0 Å². The molecule has 10 heteroatoms. The number of nitrogens with one attached hydrogen (secondary N) is 1. The minimum Gasteiger partial charge on any atom is -0.391 e. The van der Waals surface area contributed by atoms with Crippen molar-refractivity contribution in [3.63, 3.8) is 0 Å². The molecule has 1 unspecified atom stereocenters. The Balaban J connectivity index is 1.37. The number of piperidine rings is 1. The molecule has 0 saturated carbocycles. The van der Waals surface area contributed by atoms with Gasteiger partial charge in [0.1, 0.15) is 35.8 Å². The Morgan fingerprint density at radius 3 is 2.68 bits per heavy atom. The van der Waals surface area contributed by atoms with Gasteiger partial charge in [-0.05, 0) is 49.9 Å². The van der Waals surface area contributed by atoms with Gasteiger partial charge in [-0.1, -0.05) is 17.3 Å². The predicted octanol–water partition coefficient (Wildman–Crippen LogP) is 1.89. The van der Waals surface area contributed by atoms with E-state index < -0.39 is 6.61 Å². The van der Waals surface area contributed by atoms with Gasteiger partial charge in [0.25, 0.3) is 5.91 Å². The average Bonchev–Trinajstić information content (AvgIpc) is 3.34. The normalized spacial score (nSPS) is 18.4. The molecule has 180 valence electrons. The molecule has 2 aliphatic heterocycles. The van der Waals surface area contributed by atoms with E-state index in [1.54, 1.807) is 36.9 Å². The van der Waals surface area contributed by atoms with E-state index in [1.165, 1.54) is 6.07 Å². The van der Waals surface area contributed by atoms with Crippen molar-refractivity contribution in [1.82, 2.24) is 20.2 Å². The van der Waals surface area contributed by atoms with Crippen LogP contribution in [-0.4, -0.2) is 63.3 Å². The second-order valence-corrected chi connectivity index (χ2v) is 8.71. The third-order valence-electron chi connectivity index (χ3n) is 6.29. The van der Waals surface area contributed by atoms with Crippen LogP contribution >= 0.6 is 0 Å². The summed E-state index contributed by atoms with van der Waals surface area (Å²) < 4.78 is 13.5. The molecule has 2 N–H and O–H groups in total. The van der Waals surface area contributed by atoms with Crippen molar-refractivity contribution in [2.75, 3.05) is 19.7 Å². The van der Waals surface area contributed by atoms with Crippen LogP contribution in [0.25, 0.3) is 0 Å². The maximum absolute atomic E-state index is 13.5. The molecule has 2 aliphatic rings. The Labute approximate surface area is 197 Å². The fourth-order valence-electron chi connectivity index (χ4n) is 4.34. The summed E-state index contributed by atoms with van der Waals surface area (Å²) in [6, 6.07) is 6.31. The number of aliphatic hydroxyl groups is 1. The summed E-state index contributed by atoms with van der Waals surface area (Å²) >= 11 is 0. The lowest BCUT2D eigenvalue weighted by atomic mass is 9.88. The van der Waals surface area contributed by atoms with E-state index in [2.05, 4.69) is 20.4 Å². The number of aliphatic hydroxyl groups excluding tert-OH is 1. The molecule has 0 aliphatic carbocycles. The van der Waals surface area contributed by atoms with E-state index in [9.17, 15) is 14.0 Å². The van der Waals surface area contributed by atoms with E-state index >= 15 is 0 Å². The Bertz CT molecular complexity index is 1110. The van der Waals surface area contributed by atoms with Crippen LogP contribution in [0.15, 0.2) is 29.4 Å². The molecule has 0 radical (unpaired) electrons. The highest BCUT2D eigenvalue weighted by Gasteiger charge is 2.34. The summed E-state index contributed by atoms with van der Waals surface area (Å²) in [5.74, 6) is -0.199. The molecule has 1 aromatic carbocycles. The van der Waals surface area contributed by atoms with Gasteiger partial charge in [0, 0.05) is 32.0 Å². The smallest absolute Gasteiger partial charge is 0.270 e. The molecule has 0 spiro atoms. The molecule has 1 fully saturated rings. The zero-order valence-corrected chi connectivity index (χ0v) is 19.3. The highest BCUT2D eigenvalue weighted by molar-refractivity contribution is 6.01. The van der Waals surface area contributed by atoms with Crippen molar-refractivity contribution in [1.29, 1.82) is 0 Å². The Kier molecular flexibility index (Phi) is 7.16. The summed E-state index contributed by atoms with van der Waals surface area (Å²) in [5.41, 5.74) is 2.74. The van der Waals surface area contributed by atoms with Crippen molar-refractivity contribution in [3.05, 3.63) is 58.4 Å². The largest absolute Gasteiger partial charge is 0.391 e. The number of hydrogen-bond acceptors (Lipinski definition) is 7. The van der Waals surface area contributed by atoms with Gasteiger partial charge in [0.05, 0.1) is 5.69 Å². The summed E-state index contributed by atoms with van der Waals surface area (Å²) in [5, 5.41) is 16.1. The molecule has 2 aromatic rings. The number of rotatable bonds is 6. The molecule has 4 rings (SSSR count). The number of oxime groups is 1. The fourth-order valence-corrected chi connectivity index (χ4v) is 4.34. The van der Waals surface area contributed by atoms with Crippen LogP contribution in [0, 0.1) is 25.6 Å². The number of halogens is 1. The highest BCUT2D eigenvalue weighted by atomic mass is 19.1. The van der Waals surface area contributed by atoms with E-state index in [0.29, 0.717) is 42.3 Å². The third-order valence-corrected chi connectivity index (χ3v) is 6.29. The Morgan fingerprint density at radius 1 is 1.21 bits per heavy atom. The zero-order chi connectivity index (χ0) is 24.2. The van der Waals surface area contributed by atoms with Gasteiger partial charge in [-0.3, -0.25) is 9.59 Å². The van der Waals surface area contributed by atoms with Crippen LogP contribution in [0.2, 0.25) is 0 Å². The molecule has 1 saturated heterocycles. The van der Waals surface area contributed by atoms with E-state index in [0.717, 1.165) is 18.4 Å². The standard InChI is InChI=1S/C24H28FN5O4/c1-14-9-16(3-4-18(14)25)12-26-24(33)21-10-19(27-15(2)28-21)20-11-22(34-29-20)17-5-7-30(8-6-17)23(32)13-31/h3-4,9-10,17,22,31H,5-8,11-13H2,1-2H3,(H,26,33). The number of carbonyl (C=O) groups is 2. The van der Waals surface area contributed by atoms with Crippen molar-refractivity contribution < 1.29 is 23.9 Å². The van der Waals surface area contributed by atoms with Gasteiger partial charge in [-0.15, -0.1) is 0 Å². The quantitative estimate of drug-likeness (QED) is 0.667. The second-order valence-electron chi connectivity index (χ2n) is 8.71. The number of hydrogen-bond donors (Lipinski definition) is 2. The molecular formula is C24H28FN5O4. The molecule has 0 bridgehead atoms. The van der Waals surface area contributed by atoms with E-state index in [1.807, 2.05) is 0 Å². The maximum atomic E-state index is 13.5. The molecule has 9 nitrogen and oxygen atoms in total. The van der Waals surface area contributed by atoms with Crippen molar-refractivity contribution in [3.8, 4) is 0 Å². The van der Waals surface area contributed by atoms with Gasteiger partial charge in [-0.2, -0.15) is 0 Å². The van der Waals surface area contributed by atoms with Crippen molar-refractivity contribution in [2.24, 2.45) is 11.1 Å². The number of amides is 2. The van der Waals surface area contributed by atoms with Gasteiger partial charge < -0.3 is 20.2 Å². The van der Waals surface area contributed by atoms with Gasteiger partial charge in [-0.25, -0.2) is 14.4 Å². The lowest BCUT2D eigenvalue weighted by Crippen LogP contribution is -2.42. The second kappa shape index (κ2) is 10.3. The number of nitrogens with zero attached hydrogens (tertiary/aromatic N) is 4. The maximum Gasteiger partial charge on any atom is 0.270 e. The molecule has 34 heavy (non-hydrogen) atoms. The summed E-state index contributed by atoms with van der Waals surface area (Å²) in [4.78, 5) is 40.4. The monoisotopic (exact) mass is 469 g/mol. The van der Waals surface area contributed by atoms with Gasteiger partial charge >= 0.3 is 0 Å². The van der Waals surface area contributed by atoms with E-state index in [-0.39, 0.29) is 41.9 Å². The van der Waals surface area contributed by atoms with Crippen LogP contribution in [0.1, 0.15) is 52.4 Å². The topological polar surface area (TPSA) is 117 Å². The first-order chi connectivity index (χ1) is 16.3. The Morgan fingerprint density at radius 2 is 1.97 bits per heavy atom. The lowest BCUT2D eigenvalue weighted by Gasteiger charge is -2.33. The zero-order valence-electron chi connectivity index (χ0n) is 19.3. The number of benzene rings is 1. The summed E-state index contributed by atoms with van der Waals surface area (Å²) in [7, 11) is 0. The van der Waals surface area contributed by atoms with Gasteiger partial charge in [0.2, 0.25) is 5.91 Å². The molecular weight excluding hydrogens is 441 g/mol. The van der Waals surface area contributed by atoms with E-state index in [4.69, 9.17) is 9.94 Å². The van der Waals surface area contributed by atoms with Crippen molar-refractivity contribution >= 4 is 17.5 Å². The first-order valence-corrected chi connectivity index (χ1v) is 11.3. The predicted molar refractivity (Wildman–Crippen MR) is 121 cm³/mol. The minimum atomic E-state index is -0.468. The average molecular weight is 470 g/mol. The van der Waals surface area contributed by atoms with Crippen LogP contribution in [0.3, 0.4) is 0 Å². The first-order valence-electron chi connectivity index (χ1n) is 11.3. The van der Waals surface area contributed by atoms with Crippen LogP contribution < -0.4 is 5.32 Å². The highest BCUT2D eigenvalue weighted by Crippen LogP contribution is 2.29. The van der Waals surface area contributed by atoms with Crippen LogP contribution in [0.4, 0.5) is 4.39 Å². The fraction of sp³-hybridized carbons (Fsp3) is 0.458. The third kappa shape index (κ3) is 5.39. The lowest BCUT2D eigenvalue weighted by molar-refractivity contribution is -0.136. The number of aryl methyl sites for hydroxylation is 2. The number of aromatic nitrogens is 2. The Hall–Kier alpha value is -3.40. The molecule has 1 aromatic heterocycles. The molecule has 2 amide bonds. The SMILES string of the molecule is Cc1nc(C(=O)NCc2ccc(F)c(C)c2)cc(C2=NOC(C3CCN(C(=O)CO)CC3)C2)n1. The molecule has 1 atom stereocenters. The molecule has 3 heterocycles. The van der Waals surface area contributed by atoms with Crippen LogP contribution in [0.5, 0.6) is 0 Å². The van der Waals surface area contributed by atoms with Crippen LogP contribution in [-0.2, 0) is 16.2 Å². The minimum absolute atomic E-state index is 0.115. The summed E-state index contributed by atoms with van der Waals surface area (Å²) in [6.45, 7) is 4.35. The number of carbonyl (C=O) groups excluding carboxylic acids is 2.